The minimum atomic E-state index is 0.466. The number of hydrogen-bond acceptors (Lipinski definition) is 6. The van der Waals surface area contributed by atoms with E-state index in [2.05, 4.69) is 29.2 Å². The molecule has 0 bridgehead atoms. The first-order valence-corrected chi connectivity index (χ1v) is 6.07. The zero-order valence-electron chi connectivity index (χ0n) is 11.5. The van der Waals surface area contributed by atoms with Crippen molar-refractivity contribution in [3.63, 3.8) is 0 Å². The maximum absolute atomic E-state index is 5.57. The highest BCUT2D eigenvalue weighted by molar-refractivity contribution is 5.47. The van der Waals surface area contributed by atoms with E-state index >= 15 is 0 Å². The van der Waals surface area contributed by atoms with Crippen LogP contribution in [-0.2, 0) is 4.74 Å². The highest BCUT2D eigenvalue weighted by Crippen LogP contribution is 2.20. The molecule has 0 aromatic carbocycles. The van der Waals surface area contributed by atoms with E-state index in [1.807, 2.05) is 6.92 Å². The molecule has 0 fully saturated rings. The molecule has 1 rings (SSSR count). The van der Waals surface area contributed by atoms with E-state index in [0.29, 0.717) is 36.7 Å². The molecule has 0 saturated carbocycles. The monoisotopic (exact) mass is 254 g/mol. The van der Waals surface area contributed by atoms with Crippen molar-refractivity contribution < 1.29 is 9.47 Å². The zero-order chi connectivity index (χ0) is 13.5. The van der Waals surface area contributed by atoms with Crippen molar-refractivity contribution in [2.24, 2.45) is 11.8 Å². The average molecular weight is 254 g/mol. The molecule has 0 radical (unpaired) electrons. The molecule has 3 N–H and O–H groups in total. The topological polar surface area (TPSA) is 82.3 Å². The van der Waals surface area contributed by atoms with E-state index < -0.39 is 0 Å². The summed E-state index contributed by atoms with van der Waals surface area (Å²) in [5, 5.41) is 0. The Morgan fingerprint density at radius 1 is 1.22 bits per heavy atom. The fourth-order valence-corrected chi connectivity index (χ4v) is 1.40. The zero-order valence-corrected chi connectivity index (χ0v) is 11.5. The minimum absolute atomic E-state index is 0.466. The average Bonchev–Trinajstić information content (AvgIpc) is 2.32. The van der Waals surface area contributed by atoms with Gasteiger partial charge < -0.3 is 14.9 Å². The van der Waals surface area contributed by atoms with E-state index in [1.54, 1.807) is 6.92 Å². The van der Waals surface area contributed by atoms with Gasteiger partial charge in [0.2, 0.25) is 5.88 Å². The predicted molar refractivity (Wildman–Crippen MR) is 70.5 cm³/mol. The van der Waals surface area contributed by atoms with Crippen molar-refractivity contribution in [1.29, 1.82) is 0 Å². The lowest BCUT2D eigenvalue weighted by Crippen LogP contribution is -2.15. The summed E-state index contributed by atoms with van der Waals surface area (Å²) in [7, 11) is 0. The summed E-state index contributed by atoms with van der Waals surface area (Å²) in [6.45, 7) is 9.62. The lowest BCUT2D eigenvalue weighted by Gasteiger charge is -2.12. The molecule has 1 aromatic rings. The third-order valence-electron chi connectivity index (χ3n) is 2.27. The van der Waals surface area contributed by atoms with Gasteiger partial charge in [-0.1, -0.05) is 13.8 Å². The van der Waals surface area contributed by atoms with Crippen LogP contribution in [0.3, 0.4) is 0 Å². The highest BCUT2D eigenvalue weighted by atomic mass is 16.5. The number of nitrogens with zero attached hydrogens (tertiary/aromatic N) is 2. The van der Waals surface area contributed by atoms with Crippen molar-refractivity contribution in [3.8, 4) is 5.88 Å². The smallest absolute Gasteiger partial charge is 0.221 e. The minimum Gasteiger partial charge on any atom is -0.475 e. The summed E-state index contributed by atoms with van der Waals surface area (Å²) in [4.78, 5) is 8.39. The van der Waals surface area contributed by atoms with Crippen LogP contribution in [0.2, 0.25) is 0 Å². The summed E-state index contributed by atoms with van der Waals surface area (Å²) >= 11 is 0. The van der Waals surface area contributed by atoms with Crippen molar-refractivity contribution in [2.75, 3.05) is 25.2 Å². The number of nitrogens with one attached hydrogen (secondary N) is 1. The van der Waals surface area contributed by atoms with Crippen LogP contribution < -0.4 is 16.0 Å². The maximum Gasteiger partial charge on any atom is 0.221 e. The van der Waals surface area contributed by atoms with Gasteiger partial charge in [-0.25, -0.2) is 10.8 Å². The van der Waals surface area contributed by atoms with Gasteiger partial charge in [-0.05, 0) is 19.8 Å². The van der Waals surface area contributed by atoms with Crippen LogP contribution in [0.1, 0.15) is 25.2 Å². The molecular formula is C12H22N4O2. The number of hydrazine groups is 1. The Hall–Kier alpha value is -1.40. The fourth-order valence-electron chi connectivity index (χ4n) is 1.40. The molecule has 0 atom stereocenters. The molecule has 6 heteroatoms. The van der Waals surface area contributed by atoms with Crippen LogP contribution in [0.4, 0.5) is 5.82 Å². The van der Waals surface area contributed by atoms with Gasteiger partial charge in [0.05, 0.1) is 12.2 Å². The molecule has 0 unspecified atom stereocenters. The predicted octanol–water partition coefficient (Wildman–Crippen LogP) is 1.43. The number of aromatic nitrogens is 2. The Morgan fingerprint density at radius 3 is 2.56 bits per heavy atom. The van der Waals surface area contributed by atoms with Gasteiger partial charge in [-0.2, -0.15) is 4.98 Å². The number of anilines is 1. The van der Waals surface area contributed by atoms with Gasteiger partial charge in [0.1, 0.15) is 18.2 Å². The lowest BCUT2D eigenvalue weighted by molar-refractivity contribution is 0.0803. The Kier molecular flexibility index (Phi) is 5.80. The summed E-state index contributed by atoms with van der Waals surface area (Å²) in [5.41, 5.74) is 3.33. The van der Waals surface area contributed by atoms with Crippen LogP contribution in [-0.4, -0.2) is 29.8 Å². The summed E-state index contributed by atoms with van der Waals surface area (Å²) in [5.74, 6) is 7.65. The SMILES string of the molecule is Cc1nc(NN)c(C)c(OCCOCC(C)C)n1. The van der Waals surface area contributed by atoms with Gasteiger partial charge in [-0.15, -0.1) is 0 Å². The third kappa shape index (κ3) is 4.46. The number of nitrogen functional groups attached to an aromatic ring is 1. The van der Waals surface area contributed by atoms with Crippen molar-refractivity contribution in [2.45, 2.75) is 27.7 Å². The molecule has 1 heterocycles. The number of aryl methyl sites for hydroxylation is 1. The van der Waals surface area contributed by atoms with Crippen LogP contribution in [0.15, 0.2) is 0 Å². The second-order valence-corrected chi connectivity index (χ2v) is 4.51. The molecule has 0 aliphatic heterocycles. The molecule has 0 saturated heterocycles. The number of ether oxygens (including phenoxy) is 2. The number of nitrogens with two attached hydrogens (primary N) is 1. The van der Waals surface area contributed by atoms with Crippen molar-refractivity contribution in [3.05, 3.63) is 11.4 Å². The van der Waals surface area contributed by atoms with E-state index in [-0.39, 0.29) is 0 Å². The molecule has 6 nitrogen and oxygen atoms in total. The second kappa shape index (κ2) is 7.13. The molecule has 18 heavy (non-hydrogen) atoms. The third-order valence-corrected chi connectivity index (χ3v) is 2.27. The number of rotatable bonds is 7. The molecule has 0 aliphatic rings. The summed E-state index contributed by atoms with van der Waals surface area (Å²) < 4.78 is 11.0. The Bertz CT molecular complexity index is 383. The van der Waals surface area contributed by atoms with Gasteiger partial charge in [0.25, 0.3) is 0 Å². The van der Waals surface area contributed by atoms with Crippen molar-refractivity contribution in [1.82, 2.24) is 9.97 Å². The van der Waals surface area contributed by atoms with Gasteiger partial charge in [0, 0.05) is 6.61 Å². The molecule has 0 aliphatic carbocycles. The van der Waals surface area contributed by atoms with Gasteiger partial charge in [-0.3, -0.25) is 0 Å². The number of hydrogen-bond donors (Lipinski definition) is 2. The highest BCUT2D eigenvalue weighted by Gasteiger charge is 2.09. The first-order chi connectivity index (χ1) is 8.54. The normalized spacial score (nSPS) is 10.8. The van der Waals surface area contributed by atoms with Gasteiger partial charge >= 0.3 is 0 Å². The molecule has 0 spiro atoms. The van der Waals surface area contributed by atoms with E-state index in [4.69, 9.17) is 15.3 Å². The Balaban J connectivity index is 2.49. The first-order valence-electron chi connectivity index (χ1n) is 6.07. The quantitative estimate of drug-likeness (QED) is 0.435. The Labute approximate surface area is 108 Å². The molecular weight excluding hydrogens is 232 g/mol. The first kappa shape index (κ1) is 14.7. The fraction of sp³-hybridized carbons (Fsp3) is 0.667. The van der Waals surface area contributed by atoms with Crippen molar-refractivity contribution >= 4 is 5.82 Å². The molecule has 102 valence electrons. The summed E-state index contributed by atoms with van der Waals surface area (Å²) in [6.07, 6.45) is 0. The van der Waals surface area contributed by atoms with Crippen LogP contribution >= 0.6 is 0 Å². The largest absolute Gasteiger partial charge is 0.475 e. The van der Waals surface area contributed by atoms with Crippen LogP contribution in [0.5, 0.6) is 5.88 Å². The van der Waals surface area contributed by atoms with Crippen LogP contribution in [0.25, 0.3) is 0 Å². The maximum atomic E-state index is 5.57. The van der Waals surface area contributed by atoms with Crippen LogP contribution in [0, 0.1) is 19.8 Å². The lowest BCUT2D eigenvalue weighted by atomic mass is 10.2. The Morgan fingerprint density at radius 2 is 1.94 bits per heavy atom. The molecule has 1 aromatic heterocycles. The summed E-state index contributed by atoms with van der Waals surface area (Å²) in [6, 6.07) is 0. The standard InChI is InChI=1S/C12H22N4O2/c1-8(2)7-17-5-6-18-12-9(3)11(16-13)14-10(4)15-12/h8H,5-7,13H2,1-4H3,(H,14,15,16). The van der Waals surface area contributed by atoms with Gasteiger partial charge in [0.15, 0.2) is 0 Å². The van der Waals surface area contributed by atoms with E-state index in [0.717, 1.165) is 12.2 Å². The van der Waals surface area contributed by atoms with E-state index in [9.17, 15) is 0 Å². The second-order valence-electron chi connectivity index (χ2n) is 4.51. The molecule has 0 amide bonds. The van der Waals surface area contributed by atoms with E-state index in [1.165, 1.54) is 0 Å².